The fourth-order valence-electron chi connectivity index (χ4n) is 3.14. The van der Waals surface area contributed by atoms with Gasteiger partial charge in [0.2, 0.25) is 5.91 Å². The highest BCUT2D eigenvalue weighted by Crippen LogP contribution is 2.38. The number of cyclic esters (lactones) is 1. The summed E-state index contributed by atoms with van der Waals surface area (Å²) in [7, 11) is 1.58. The number of likely N-dealkylation sites (N-methyl/N-ethyl adjacent to an activating group) is 1. The number of nitrogens with zero attached hydrogens (tertiary/aromatic N) is 1. The van der Waals surface area contributed by atoms with Gasteiger partial charge in [-0.1, -0.05) is 19.1 Å². The van der Waals surface area contributed by atoms with Crippen LogP contribution in [0, 0.1) is 0 Å². The van der Waals surface area contributed by atoms with Crippen molar-refractivity contribution in [2.45, 2.75) is 45.9 Å². The zero-order valence-electron chi connectivity index (χ0n) is 15.0. The number of rotatable bonds is 5. The van der Waals surface area contributed by atoms with Gasteiger partial charge in [0.25, 0.3) is 0 Å². The van der Waals surface area contributed by atoms with Crippen LogP contribution < -0.4 is 10.1 Å². The van der Waals surface area contributed by atoms with Crippen molar-refractivity contribution >= 4 is 11.9 Å². The maximum Gasteiger partial charge on any atom is 0.328 e. The van der Waals surface area contributed by atoms with Gasteiger partial charge in [-0.05, 0) is 32.0 Å². The number of amides is 1. The van der Waals surface area contributed by atoms with Crippen molar-refractivity contribution in [2.75, 3.05) is 20.2 Å². The summed E-state index contributed by atoms with van der Waals surface area (Å²) in [6.07, 6.45) is 0. The maximum absolute atomic E-state index is 12.7. The summed E-state index contributed by atoms with van der Waals surface area (Å²) in [5.74, 6) is 0.211. The topological polar surface area (TPSA) is 67.9 Å². The molecule has 0 bridgehead atoms. The van der Waals surface area contributed by atoms with Gasteiger partial charge in [-0.15, -0.1) is 0 Å². The maximum atomic E-state index is 12.7. The first-order chi connectivity index (χ1) is 11.3. The van der Waals surface area contributed by atoms with Gasteiger partial charge in [-0.2, -0.15) is 0 Å². The molecule has 6 heteroatoms. The number of morpholine rings is 1. The number of carbonyl (C=O) groups is 2. The van der Waals surface area contributed by atoms with Crippen LogP contribution in [0.15, 0.2) is 18.2 Å². The largest absolute Gasteiger partial charge is 0.496 e. The number of esters is 1. The Hall–Kier alpha value is -2.08. The van der Waals surface area contributed by atoms with Crippen molar-refractivity contribution in [3.05, 3.63) is 29.3 Å². The molecule has 1 aliphatic heterocycles. The minimum atomic E-state index is -0.539. The second-order valence-electron chi connectivity index (χ2n) is 6.59. The molecular formula is C18H26N2O4. The molecule has 0 aliphatic carbocycles. The van der Waals surface area contributed by atoms with Crippen LogP contribution in [-0.2, 0) is 20.9 Å². The molecule has 2 rings (SSSR count). The minimum absolute atomic E-state index is 0.122. The van der Waals surface area contributed by atoms with Crippen molar-refractivity contribution in [3.63, 3.8) is 0 Å². The van der Waals surface area contributed by atoms with Gasteiger partial charge in [0.1, 0.15) is 17.4 Å². The summed E-state index contributed by atoms with van der Waals surface area (Å²) in [6.45, 7) is 8.99. The normalized spacial score (nSPS) is 20.4. The molecule has 1 N–H and O–H groups in total. The standard InChI is InChI=1S/C18H26N2O4/c1-6-20-11-18(3,4)24-17(22)16(20)15-13(10-19-12(2)21)8-7-9-14(15)23-5/h7-9,16H,6,10-11H2,1-5H3,(H,19,21). The van der Waals surface area contributed by atoms with Gasteiger partial charge in [-0.3, -0.25) is 9.69 Å². The van der Waals surface area contributed by atoms with E-state index in [0.717, 1.165) is 11.1 Å². The summed E-state index contributed by atoms with van der Waals surface area (Å²) in [5, 5.41) is 2.79. The molecular weight excluding hydrogens is 308 g/mol. The molecule has 132 valence electrons. The van der Waals surface area contributed by atoms with E-state index in [0.29, 0.717) is 25.4 Å². The third kappa shape index (κ3) is 3.87. The first-order valence-electron chi connectivity index (χ1n) is 8.16. The molecule has 1 aromatic carbocycles. The molecule has 0 saturated carbocycles. The van der Waals surface area contributed by atoms with E-state index in [-0.39, 0.29) is 11.9 Å². The lowest BCUT2D eigenvalue weighted by Crippen LogP contribution is -2.52. The Morgan fingerprint density at radius 1 is 1.46 bits per heavy atom. The molecule has 1 aromatic rings. The minimum Gasteiger partial charge on any atom is -0.496 e. The fourth-order valence-corrected chi connectivity index (χ4v) is 3.14. The lowest BCUT2D eigenvalue weighted by molar-refractivity contribution is -0.178. The van der Waals surface area contributed by atoms with Crippen LogP contribution in [0.4, 0.5) is 0 Å². The first kappa shape index (κ1) is 18.3. The first-order valence-corrected chi connectivity index (χ1v) is 8.16. The predicted molar refractivity (Wildman–Crippen MR) is 90.7 cm³/mol. The average molecular weight is 334 g/mol. The molecule has 1 amide bonds. The van der Waals surface area contributed by atoms with E-state index in [1.54, 1.807) is 7.11 Å². The fraction of sp³-hybridized carbons (Fsp3) is 0.556. The Balaban J connectivity index is 2.47. The molecule has 0 radical (unpaired) electrons. The molecule has 1 atom stereocenters. The quantitative estimate of drug-likeness (QED) is 0.835. The second-order valence-corrected chi connectivity index (χ2v) is 6.59. The monoisotopic (exact) mass is 334 g/mol. The van der Waals surface area contributed by atoms with E-state index >= 15 is 0 Å². The predicted octanol–water partition coefficient (Wildman–Crippen LogP) is 2.03. The van der Waals surface area contributed by atoms with E-state index in [1.807, 2.05) is 39.0 Å². The molecule has 1 fully saturated rings. The van der Waals surface area contributed by atoms with Gasteiger partial charge < -0.3 is 14.8 Å². The van der Waals surface area contributed by atoms with Gasteiger partial charge >= 0.3 is 5.97 Å². The van der Waals surface area contributed by atoms with Gasteiger partial charge in [0.15, 0.2) is 0 Å². The molecule has 1 unspecified atom stereocenters. The number of hydrogen-bond donors (Lipinski definition) is 1. The molecule has 24 heavy (non-hydrogen) atoms. The van der Waals surface area contributed by atoms with Crippen LogP contribution in [0.2, 0.25) is 0 Å². The smallest absolute Gasteiger partial charge is 0.328 e. The SMILES string of the molecule is CCN1CC(C)(C)OC(=O)C1c1c(CNC(C)=O)cccc1OC. The number of carbonyl (C=O) groups excluding carboxylic acids is 2. The summed E-state index contributed by atoms with van der Waals surface area (Å²) in [6, 6.07) is 5.04. The number of nitrogens with one attached hydrogen (secondary N) is 1. The Bertz CT molecular complexity index is 627. The van der Waals surface area contributed by atoms with E-state index < -0.39 is 11.6 Å². The van der Waals surface area contributed by atoms with E-state index in [1.165, 1.54) is 6.92 Å². The third-order valence-electron chi connectivity index (χ3n) is 4.13. The van der Waals surface area contributed by atoms with Gasteiger partial charge in [0.05, 0.1) is 7.11 Å². The average Bonchev–Trinajstić information content (AvgIpc) is 2.51. The molecule has 6 nitrogen and oxygen atoms in total. The second kappa shape index (κ2) is 7.21. The number of methoxy groups -OCH3 is 1. The van der Waals surface area contributed by atoms with E-state index in [9.17, 15) is 9.59 Å². The highest BCUT2D eigenvalue weighted by atomic mass is 16.6. The highest BCUT2D eigenvalue weighted by molar-refractivity contribution is 5.81. The molecule has 0 aromatic heterocycles. The summed E-state index contributed by atoms with van der Waals surface area (Å²) in [5.41, 5.74) is 1.09. The molecule has 1 heterocycles. The lowest BCUT2D eigenvalue weighted by atomic mass is 9.94. The molecule has 0 spiro atoms. The molecule has 1 saturated heterocycles. The van der Waals surface area contributed by atoms with Crippen molar-refractivity contribution in [1.29, 1.82) is 0 Å². The van der Waals surface area contributed by atoms with Gasteiger partial charge in [-0.25, -0.2) is 4.79 Å². The van der Waals surface area contributed by atoms with E-state index in [2.05, 4.69) is 10.2 Å². The number of hydrogen-bond acceptors (Lipinski definition) is 5. The zero-order valence-corrected chi connectivity index (χ0v) is 15.0. The summed E-state index contributed by atoms with van der Waals surface area (Å²) in [4.78, 5) is 26.1. The van der Waals surface area contributed by atoms with Crippen LogP contribution in [0.1, 0.15) is 44.9 Å². The lowest BCUT2D eigenvalue weighted by Gasteiger charge is -2.42. The van der Waals surface area contributed by atoms with Gasteiger partial charge in [0, 0.05) is 25.6 Å². The van der Waals surface area contributed by atoms with Crippen LogP contribution in [0.3, 0.4) is 0 Å². The third-order valence-corrected chi connectivity index (χ3v) is 4.13. The highest BCUT2D eigenvalue weighted by Gasteiger charge is 2.42. The number of benzene rings is 1. The Morgan fingerprint density at radius 2 is 2.17 bits per heavy atom. The van der Waals surface area contributed by atoms with Crippen molar-refractivity contribution in [2.24, 2.45) is 0 Å². The van der Waals surface area contributed by atoms with Crippen LogP contribution in [0.25, 0.3) is 0 Å². The Kier molecular flexibility index (Phi) is 5.49. The van der Waals surface area contributed by atoms with Crippen LogP contribution >= 0.6 is 0 Å². The number of ether oxygens (including phenoxy) is 2. The zero-order chi connectivity index (χ0) is 17.9. The van der Waals surface area contributed by atoms with Crippen LogP contribution in [0.5, 0.6) is 5.75 Å². The van der Waals surface area contributed by atoms with Crippen molar-refractivity contribution in [3.8, 4) is 5.75 Å². The summed E-state index contributed by atoms with van der Waals surface area (Å²) < 4.78 is 11.1. The Labute approximate surface area is 143 Å². The van der Waals surface area contributed by atoms with Crippen molar-refractivity contribution in [1.82, 2.24) is 10.2 Å². The van der Waals surface area contributed by atoms with Crippen LogP contribution in [-0.4, -0.2) is 42.6 Å². The molecule has 1 aliphatic rings. The Morgan fingerprint density at radius 3 is 2.75 bits per heavy atom. The van der Waals surface area contributed by atoms with Crippen molar-refractivity contribution < 1.29 is 19.1 Å². The van der Waals surface area contributed by atoms with E-state index in [4.69, 9.17) is 9.47 Å². The summed E-state index contributed by atoms with van der Waals surface area (Å²) >= 11 is 0.